The maximum absolute atomic E-state index is 12.5. The number of hydrogen-bond acceptors (Lipinski definition) is 3. The summed E-state index contributed by atoms with van der Waals surface area (Å²) < 4.78 is 5.99. The van der Waals surface area contributed by atoms with Crippen molar-refractivity contribution in [1.82, 2.24) is 4.90 Å². The first-order chi connectivity index (χ1) is 12.7. The summed E-state index contributed by atoms with van der Waals surface area (Å²) in [5.41, 5.74) is 0.717. The van der Waals surface area contributed by atoms with E-state index in [0.29, 0.717) is 31.4 Å². The van der Waals surface area contributed by atoms with Crippen LogP contribution in [0.5, 0.6) is 5.75 Å². The van der Waals surface area contributed by atoms with E-state index in [1.807, 2.05) is 65.6 Å². The average Bonchev–Trinajstić information content (AvgIpc) is 2.69. The maximum atomic E-state index is 12.5. The summed E-state index contributed by atoms with van der Waals surface area (Å²) in [6.07, 6.45) is 3.37. The van der Waals surface area contributed by atoms with Gasteiger partial charge in [-0.25, -0.2) is 0 Å². The van der Waals surface area contributed by atoms with Crippen LogP contribution >= 0.6 is 0 Å². The Balaban J connectivity index is 1.43. The van der Waals surface area contributed by atoms with Crippen LogP contribution in [0.25, 0.3) is 0 Å². The number of likely N-dealkylation sites (tertiary alicyclic amines) is 1. The van der Waals surface area contributed by atoms with Crippen molar-refractivity contribution in [3.63, 3.8) is 0 Å². The summed E-state index contributed by atoms with van der Waals surface area (Å²) in [5, 5.41) is 0. The summed E-state index contributed by atoms with van der Waals surface area (Å²) in [5.74, 6) is 1.06. The van der Waals surface area contributed by atoms with Crippen molar-refractivity contribution >= 4 is 11.7 Å². The number of ether oxygens (including phenoxy) is 1. The number of piperidine rings is 1. The second kappa shape index (κ2) is 9.18. The van der Waals surface area contributed by atoms with Crippen molar-refractivity contribution in [2.75, 3.05) is 13.1 Å². The standard InChI is InChI=1S/C22H25NO3/c24-21(18-9-3-1-4-10-18)14-7-15-22(25)23-16-8-13-20(17-23)26-19-11-5-2-6-12-19/h1-6,9-12,20H,7-8,13-17H2. The first kappa shape index (κ1) is 18.2. The molecule has 2 aromatic carbocycles. The van der Waals surface area contributed by atoms with E-state index in [1.54, 1.807) is 0 Å². The van der Waals surface area contributed by atoms with Gasteiger partial charge >= 0.3 is 0 Å². The average molecular weight is 351 g/mol. The fourth-order valence-electron chi connectivity index (χ4n) is 3.28. The Kier molecular flexibility index (Phi) is 6.42. The Morgan fingerprint density at radius 2 is 1.65 bits per heavy atom. The Morgan fingerprint density at radius 3 is 2.38 bits per heavy atom. The van der Waals surface area contributed by atoms with Crippen molar-refractivity contribution in [1.29, 1.82) is 0 Å². The Morgan fingerprint density at radius 1 is 0.962 bits per heavy atom. The summed E-state index contributed by atoms with van der Waals surface area (Å²) in [6.45, 7) is 1.40. The molecule has 0 bridgehead atoms. The quantitative estimate of drug-likeness (QED) is 0.705. The minimum Gasteiger partial charge on any atom is -0.489 e. The minimum absolute atomic E-state index is 0.0426. The molecule has 1 amide bonds. The molecule has 1 fully saturated rings. The lowest BCUT2D eigenvalue weighted by molar-refractivity contribution is -0.133. The number of benzene rings is 2. The zero-order valence-electron chi connectivity index (χ0n) is 15.0. The molecule has 4 nitrogen and oxygen atoms in total. The number of para-hydroxylation sites is 1. The van der Waals surface area contributed by atoms with Crippen LogP contribution in [0.3, 0.4) is 0 Å². The van der Waals surface area contributed by atoms with Gasteiger partial charge in [-0.1, -0.05) is 48.5 Å². The van der Waals surface area contributed by atoms with E-state index in [9.17, 15) is 9.59 Å². The van der Waals surface area contributed by atoms with Gasteiger partial charge in [-0.15, -0.1) is 0 Å². The molecule has 136 valence electrons. The second-order valence-electron chi connectivity index (χ2n) is 6.68. The van der Waals surface area contributed by atoms with Crippen molar-refractivity contribution in [3.8, 4) is 5.75 Å². The highest BCUT2D eigenvalue weighted by atomic mass is 16.5. The summed E-state index contributed by atoms with van der Waals surface area (Å²) in [4.78, 5) is 26.5. The zero-order chi connectivity index (χ0) is 18.2. The molecule has 0 radical (unpaired) electrons. The monoisotopic (exact) mass is 351 g/mol. The Hall–Kier alpha value is -2.62. The van der Waals surface area contributed by atoms with E-state index in [4.69, 9.17) is 4.74 Å². The number of rotatable bonds is 7. The predicted octanol–water partition coefficient (Wildman–Crippen LogP) is 4.11. The van der Waals surface area contributed by atoms with Gasteiger partial charge < -0.3 is 9.64 Å². The van der Waals surface area contributed by atoms with Gasteiger partial charge in [-0.2, -0.15) is 0 Å². The number of ketones is 1. The third-order valence-electron chi connectivity index (χ3n) is 4.67. The third kappa shape index (κ3) is 5.19. The number of Topliss-reactive ketones (excluding diaryl/α,β-unsaturated/α-hetero) is 1. The van der Waals surface area contributed by atoms with Crippen LogP contribution < -0.4 is 4.74 Å². The second-order valence-corrected chi connectivity index (χ2v) is 6.68. The Labute approximate surface area is 154 Å². The lowest BCUT2D eigenvalue weighted by Gasteiger charge is -2.33. The van der Waals surface area contributed by atoms with Crippen LogP contribution in [0.15, 0.2) is 60.7 Å². The first-order valence-corrected chi connectivity index (χ1v) is 9.30. The number of nitrogens with zero attached hydrogens (tertiary/aromatic N) is 1. The van der Waals surface area contributed by atoms with Gasteiger partial charge in [-0.05, 0) is 31.4 Å². The number of carbonyl (C=O) groups is 2. The molecule has 4 heteroatoms. The van der Waals surface area contributed by atoms with Crippen molar-refractivity contribution in [2.45, 2.75) is 38.2 Å². The smallest absolute Gasteiger partial charge is 0.222 e. The molecule has 1 unspecified atom stereocenters. The molecule has 0 aromatic heterocycles. The molecule has 0 N–H and O–H groups in total. The zero-order valence-corrected chi connectivity index (χ0v) is 15.0. The molecule has 1 atom stereocenters. The van der Waals surface area contributed by atoms with Gasteiger partial charge in [-0.3, -0.25) is 9.59 Å². The fourth-order valence-corrected chi connectivity index (χ4v) is 3.28. The number of hydrogen-bond donors (Lipinski definition) is 0. The first-order valence-electron chi connectivity index (χ1n) is 9.30. The molecule has 2 aromatic rings. The molecular weight excluding hydrogens is 326 g/mol. The van der Waals surface area contributed by atoms with Gasteiger partial charge in [0, 0.05) is 24.9 Å². The lowest BCUT2D eigenvalue weighted by atomic mass is 10.0. The van der Waals surface area contributed by atoms with Crippen molar-refractivity contribution in [3.05, 3.63) is 66.2 Å². The predicted molar refractivity (Wildman–Crippen MR) is 101 cm³/mol. The molecule has 0 aliphatic carbocycles. The van der Waals surface area contributed by atoms with Crippen molar-refractivity contribution in [2.24, 2.45) is 0 Å². The van der Waals surface area contributed by atoms with E-state index < -0.39 is 0 Å². The molecule has 0 spiro atoms. The summed E-state index contributed by atoms with van der Waals surface area (Å²) in [6, 6.07) is 19.0. The molecule has 1 aliphatic heterocycles. The minimum atomic E-state index is 0.0426. The molecular formula is C22H25NO3. The summed E-state index contributed by atoms with van der Waals surface area (Å²) >= 11 is 0. The lowest BCUT2D eigenvalue weighted by Crippen LogP contribution is -2.44. The third-order valence-corrected chi connectivity index (χ3v) is 4.67. The largest absolute Gasteiger partial charge is 0.489 e. The maximum Gasteiger partial charge on any atom is 0.222 e. The fraction of sp³-hybridized carbons (Fsp3) is 0.364. The topological polar surface area (TPSA) is 46.6 Å². The molecule has 0 saturated carbocycles. The van der Waals surface area contributed by atoms with Gasteiger partial charge in [0.1, 0.15) is 11.9 Å². The van der Waals surface area contributed by atoms with Crippen LogP contribution in [0.4, 0.5) is 0 Å². The number of carbonyl (C=O) groups excluding carboxylic acids is 2. The molecule has 26 heavy (non-hydrogen) atoms. The van der Waals surface area contributed by atoms with Gasteiger partial charge in [0.05, 0.1) is 6.54 Å². The van der Waals surface area contributed by atoms with E-state index in [1.165, 1.54) is 0 Å². The van der Waals surface area contributed by atoms with Crippen LogP contribution in [-0.2, 0) is 4.79 Å². The number of amides is 1. The highest BCUT2D eigenvalue weighted by Gasteiger charge is 2.24. The van der Waals surface area contributed by atoms with Gasteiger partial charge in [0.25, 0.3) is 0 Å². The molecule has 1 aliphatic rings. The van der Waals surface area contributed by atoms with Crippen LogP contribution in [0, 0.1) is 0 Å². The van der Waals surface area contributed by atoms with Gasteiger partial charge in [0.2, 0.25) is 5.91 Å². The summed E-state index contributed by atoms with van der Waals surface area (Å²) in [7, 11) is 0. The van der Waals surface area contributed by atoms with Crippen LogP contribution in [0.2, 0.25) is 0 Å². The molecule has 1 saturated heterocycles. The normalized spacial score (nSPS) is 16.9. The molecule has 3 rings (SSSR count). The highest BCUT2D eigenvalue weighted by molar-refractivity contribution is 5.96. The van der Waals surface area contributed by atoms with Crippen LogP contribution in [0.1, 0.15) is 42.5 Å². The van der Waals surface area contributed by atoms with E-state index >= 15 is 0 Å². The highest BCUT2D eigenvalue weighted by Crippen LogP contribution is 2.19. The molecule has 1 heterocycles. The van der Waals surface area contributed by atoms with Crippen molar-refractivity contribution < 1.29 is 14.3 Å². The van der Waals surface area contributed by atoms with E-state index in [0.717, 1.165) is 25.1 Å². The van der Waals surface area contributed by atoms with Crippen LogP contribution in [-0.4, -0.2) is 35.8 Å². The van der Waals surface area contributed by atoms with E-state index in [-0.39, 0.29) is 17.8 Å². The van der Waals surface area contributed by atoms with Gasteiger partial charge in [0.15, 0.2) is 5.78 Å². The SMILES string of the molecule is O=C(CCCC(=O)N1CCCC(Oc2ccccc2)C1)c1ccccc1. The Bertz CT molecular complexity index is 715. The van der Waals surface area contributed by atoms with E-state index in [2.05, 4.69) is 0 Å².